The van der Waals surface area contributed by atoms with Crippen molar-refractivity contribution in [2.24, 2.45) is 0 Å². The zero-order chi connectivity index (χ0) is 10.4. The van der Waals surface area contributed by atoms with Crippen LogP contribution in [0.15, 0.2) is 18.2 Å². The van der Waals surface area contributed by atoms with Gasteiger partial charge in [-0.1, -0.05) is 23.8 Å². The van der Waals surface area contributed by atoms with E-state index < -0.39 is 0 Å². The molecule has 0 unspecified atom stereocenters. The molecule has 0 spiro atoms. The Bertz CT molecular complexity index is 394. The standard InChI is InChI=1S/C12H12N2/c1-10-4-5-11(6-8-14)12(9-10)3-2-7-13/h4-5,9H,2-3,6H2,1H3. The molecular weight excluding hydrogens is 172 g/mol. The molecule has 1 rings (SSSR count). The maximum atomic E-state index is 8.62. The first-order chi connectivity index (χ1) is 6.77. The van der Waals surface area contributed by atoms with Crippen LogP contribution in [0.5, 0.6) is 0 Å². The molecule has 14 heavy (non-hydrogen) atoms. The molecule has 0 radical (unpaired) electrons. The summed E-state index contributed by atoms with van der Waals surface area (Å²) in [6.45, 7) is 2.02. The van der Waals surface area contributed by atoms with E-state index in [4.69, 9.17) is 10.5 Å². The lowest BCUT2D eigenvalue weighted by Crippen LogP contribution is -1.94. The first-order valence-electron chi connectivity index (χ1n) is 4.60. The predicted octanol–water partition coefficient (Wildman–Crippen LogP) is 2.52. The Morgan fingerprint density at radius 2 is 1.93 bits per heavy atom. The van der Waals surface area contributed by atoms with Gasteiger partial charge in [0.05, 0.1) is 18.6 Å². The van der Waals surface area contributed by atoms with E-state index in [1.807, 2.05) is 19.1 Å². The fourth-order valence-electron chi connectivity index (χ4n) is 1.44. The maximum absolute atomic E-state index is 8.62. The Labute approximate surface area is 84.4 Å². The largest absolute Gasteiger partial charge is 0.198 e. The fraction of sp³-hybridized carbons (Fsp3) is 0.333. The minimum absolute atomic E-state index is 0.432. The number of hydrogen-bond donors (Lipinski definition) is 0. The molecule has 0 atom stereocenters. The van der Waals surface area contributed by atoms with Gasteiger partial charge in [-0.05, 0) is 24.5 Å². The van der Waals surface area contributed by atoms with Crippen LogP contribution in [0, 0.1) is 29.6 Å². The number of nitriles is 2. The molecule has 1 aromatic rings. The Hall–Kier alpha value is -1.80. The van der Waals surface area contributed by atoms with E-state index in [9.17, 15) is 0 Å². The number of benzene rings is 1. The number of aryl methyl sites for hydroxylation is 2. The molecule has 0 aliphatic carbocycles. The molecule has 0 bridgehead atoms. The fourth-order valence-corrected chi connectivity index (χ4v) is 1.44. The first kappa shape index (κ1) is 10.3. The quantitative estimate of drug-likeness (QED) is 0.724. The topological polar surface area (TPSA) is 47.6 Å². The first-order valence-corrected chi connectivity index (χ1v) is 4.60. The molecule has 70 valence electrons. The molecule has 0 fully saturated rings. The van der Waals surface area contributed by atoms with Crippen molar-refractivity contribution < 1.29 is 0 Å². The molecule has 1 aromatic carbocycles. The van der Waals surface area contributed by atoms with Gasteiger partial charge < -0.3 is 0 Å². The molecule has 0 amide bonds. The van der Waals surface area contributed by atoms with E-state index in [1.165, 1.54) is 5.56 Å². The van der Waals surface area contributed by atoms with Crippen LogP contribution >= 0.6 is 0 Å². The monoisotopic (exact) mass is 184 g/mol. The van der Waals surface area contributed by atoms with Gasteiger partial charge >= 0.3 is 0 Å². The molecular formula is C12H12N2. The summed E-state index contributed by atoms with van der Waals surface area (Å²) in [7, 11) is 0. The molecule has 0 saturated heterocycles. The van der Waals surface area contributed by atoms with Crippen molar-refractivity contribution in [3.63, 3.8) is 0 Å². The lowest BCUT2D eigenvalue weighted by atomic mass is 9.99. The highest BCUT2D eigenvalue weighted by Gasteiger charge is 2.01. The summed E-state index contributed by atoms with van der Waals surface area (Å²) >= 11 is 0. The van der Waals surface area contributed by atoms with Crippen LogP contribution in [0.3, 0.4) is 0 Å². The van der Waals surface area contributed by atoms with Gasteiger partial charge in [-0.3, -0.25) is 0 Å². The van der Waals surface area contributed by atoms with Crippen molar-refractivity contribution in [3.05, 3.63) is 34.9 Å². The average Bonchev–Trinajstić information content (AvgIpc) is 2.18. The minimum atomic E-state index is 0.432. The third-order valence-electron chi connectivity index (χ3n) is 2.14. The highest BCUT2D eigenvalue weighted by molar-refractivity contribution is 5.33. The van der Waals surface area contributed by atoms with Crippen molar-refractivity contribution in [2.75, 3.05) is 0 Å². The third-order valence-corrected chi connectivity index (χ3v) is 2.14. The van der Waals surface area contributed by atoms with Crippen LogP contribution in [-0.4, -0.2) is 0 Å². The molecule has 0 aliphatic rings. The van der Waals surface area contributed by atoms with Gasteiger partial charge in [0, 0.05) is 6.42 Å². The Kier molecular flexibility index (Phi) is 3.70. The van der Waals surface area contributed by atoms with Crippen molar-refractivity contribution >= 4 is 0 Å². The molecule has 0 aromatic heterocycles. The van der Waals surface area contributed by atoms with E-state index in [1.54, 1.807) is 0 Å². The van der Waals surface area contributed by atoms with Crippen LogP contribution in [0.4, 0.5) is 0 Å². The lowest BCUT2D eigenvalue weighted by molar-refractivity contribution is 0.981. The van der Waals surface area contributed by atoms with Crippen LogP contribution in [-0.2, 0) is 12.8 Å². The predicted molar refractivity (Wildman–Crippen MR) is 54.4 cm³/mol. The Morgan fingerprint density at radius 1 is 1.14 bits per heavy atom. The van der Waals surface area contributed by atoms with Crippen molar-refractivity contribution in [2.45, 2.75) is 26.2 Å². The summed E-state index contributed by atoms with van der Waals surface area (Å²) in [4.78, 5) is 0. The van der Waals surface area contributed by atoms with Gasteiger partial charge in [0.25, 0.3) is 0 Å². The highest BCUT2D eigenvalue weighted by atomic mass is 14.2. The molecule has 0 aliphatic heterocycles. The maximum Gasteiger partial charge on any atom is 0.0669 e. The second kappa shape index (κ2) is 5.04. The van der Waals surface area contributed by atoms with Crippen LogP contribution < -0.4 is 0 Å². The Balaban J connectivity index is 2.93. The summed E-state index contributed by atoms with van der Waals surface area (Å²) in [6, 6.07) is 10.3. The van der Waals surface area contributed by atoms with Gasteiger partial charge in [0.1, 0.15) is 0 Å². The normalized spacial score (nSPS) is 9.07. The second-order valence-corrected chi connectivity index (χ2v) is 3.27. The van der Waals surface area contributed by atoms with Gasteiger partial charge in [0.2, 0.25) is 0 Å². The van der Waals surface area contributed by atoms with Crippen LogP contribution in [0.2, 0.25) is 0 Å². The summed E-state index contributed by atoms with van der Waals surface area (Å²) < 4.78 is 0. The lowest BCUT2D eigenvalue weighted by Gasteiger charge is -2.05. The zero-order valence-corrected chi connectivity index (χ0v) is 8.25. The number of nitrogens with zero attached hydrogens (tertiary/aromatic N) is 2. The molecule has 0 heterocycles. The van der Waals surface area contributed by atoms with Crippen molar-refractivity contribution in [1.82, 2.24) is 0 Å². The van der Waals surface area contributed by atoms with E-state index >= 15 is 0 Å². The number of rotatable bonds is 3. The summed E-state index contributed by atoms with van der Waals surface area (Å²) in [5.74, 6) is 0. The summed E-state index contributed by atoms with van der Waals surface area (Å²) in [5.41, 5.74) is 3.36. The second-order valence-electron chi connectivity index (χ2n) is 3.27. The van der Waals surface area contributed by atoms with E-state index in [0.717, 1.165) is 17.5 Å². The average molecular weight is 184 g/mol. The van der Waals surface area contributed by atoms with Gasteiger partial charge in [-0.15, -0.1) is 0 Å². The third kappa shape index (κ3) is 2.61. The van der Waals surface area contributed by atoms with Crippen molar-refractivity contribution in [3.8, 4) is 12.1 Å². The SMILES string of the molecule is Cc1ccc(CC#N)c(CCC#N)c1. The summed E-state index contributed by atoms with van der Waals surface area (Å²) in [6.07, 6.45) is 1.69. The summed E-state index contributed by atoms with van der Waals surface area (Å²) in [5, 5.41) is 17.1. The van der Waals surface area contributed by atoms with E-state index in [0.29, 0.717) is 12.8 Å². The highest BCUT2D eigenvalue weighted by Crippen LogP contribution is 2.14. The smallest absolute Gasteiger partial charge is 0.0669 e. The van der Waals surface area contributed by atoms with Crippen LogP contribution in [0.1, 0.15) is 23.1 Å². The molecule has 0 N–H and O–H groups in total. The van der Waals surface area contributed by atoms with Gasteiger partial charge in [-0.2, -0.15) is 10.5 Å². The van der Waals surface area contributed by atoms with Gasteiger partial charge in [-0.25, -0.2) is 0 Å². The molecule has 0 saturated carbocycles. The Morgan fingerprint density at radius 3 is 2.57 bits per heavy atom. The minimum Gasteiger partial charge on any atom is -0.198 e. The van der Waals surface area contributed by atoms with E-state index in [-0.39, 0.29) is 0 Å². The van der Waals surface area contributed by atoms with Crippen LogP contribution in [0.25, 0.3) is 0 Å². The van der Waals surface area contributed by atoms with Gasteiger partial charge in [0.15, 0.2) is 0 Å². The number of hydrogen-bond acceptors (Lipinski definition) is 2. The molecule has 2 heteroatoms. The molecule has 2 nitrogen and oxygen atoms in total. The van der Waals surface area contributed by atoms with Crippen molar-refractivity contribution in [1.29, 1.82) is 10.5 Å². The van der Waals surface area contributed by atoms with E-state index in [2.05, 4.69) is 18.2 Å². The zero-order valence-electron chi connectivity index (χ0n) is 8.25.